The van der Waals surface area contributed by atoms with E-state index in [0.717, 1.165) is 11.8 Å². The summed E-state index contributed by atoms with van der Waals surface area (Å²) in [5.74, 6) is 1.64. The fourth-order valence-corrected chi connectivity index (χ4v) is 3.74. The second kappa shape index (κ2) is 5.73. The maximum Gasteiger partial charge on any atom is -0.00151 e. The lowest BCUT2D eigenvalue weighted by molar-refractivity contribution is 0.0960. The highest BCUT2D eigenvalue weighted by Crippen LogP contribution is 2.42. The molecular formula is C16H33N. The molecular weight excluding hydrogens is 206 g/mol. The number of hydrogen-bond donors (Lipinski definition) is 1. The Morgan fingerprint density at radius 3 is 2.41 bits per heavy atom. The van der Waals surface area contributed by atoms with Crippen molar-refractivity contribution in [2.45, 2.75) is 67.2 Å². The minimum Gasteiger partial charge on any atom is -0.316 e. The molecule has 1 fully saturated rings. The van der Waals surface area contributed by atoms with Crippen LogP contribution in [0.15, 0.2) is 0 Å². The molecule has 0 saturated carbocycles. The average molecular weight is 239 g/mol. The van der Waals surface area contributed by atoms with E-state index in [1.807, 2.05) is 0 Å². The van der Waals surface area contributed by atoms with Crippen LogP contribution in [0.3, 0.4) is 0 Å². The van der Waals surface area contributed by atoms with E-state index in [2.05, 4.69) is 46.9 Å². The van der Waals surface area contributed by atoms with Gasteiger partial charge in [0.15, 0.2) is 0 Å². The maximum absolute atomic E-state index is 3.69. The molecule has 1 rings (SSSR count). The van der Waals surface area contributed by atoms with E-state index in [4.69, 9.17) is 0 Å². The Morgan fingerprint density at radius 2 is 1.82 bits per heavy atom. The van der Waals surface area contributed by atoms with Gasteiger partial charge in [0.05, 0.1) is 0 Å². The van der Waals surface area contributed by atoms with Gasteiger partial charge >= 0.3 is 0 Å². The molecule has 2 unspecified atom stereocenters. The lowest BCUT2D eigenvalue weighted by Crippen LogP contribution is -2.41. The first-order valence-electron chi connectivity index (χ1n) is 7.47. The Hall–Kier alpha value is -0.0400. The smallest absolute Gasteiger partial charge is 0.00151 e. The molecule has 0 aromatic heterocycles. The Morgan fingerprint density at radius 1 is 1.18 bits per heavy atom. The third-order valence-electron chi connectivity index (χ3n) is 4.58. The highest BCUT2D eigenvalue weighted by molar-refractivity contribution is 4.87. The minimum atomic E-state index is 0.486. The van der Waals surface area contributed by atoms with Crippen molar-refractivity contribution in [2.24, 2.45) is 22.7 Å². The van der Waals surface area contributed by atoms with Crippen LogP contribution in [0.1, 0.15) is 67.2 Å². The van der Waals surface area contributed by atoms with Crippen molar-refractivity contribution in [3.05, 3.63) is 0 Å². The first-order chi connectivity index (χ1) is 7.77. The molecule has 1 aliphatic rings. The summed E-state index contributed by atoms with van der Waals surface area (Å²) in [6.45, 7) is 16.9. The van der Waals surface area contributed by atoms with E-state index in [-0.39, 0.29) is 0 Å². The fourth-order valence-electron chi connectivity index (χ4n) is 3.74. The summed E-state index contributed by atoms with van der Waals surface area (Å²) in [6.07, 6.45) is 5.39. The Kier molecular flexibility index (Phi) is 5.07. The van der Waals surface area contributed by atoms with Crippen LogP contribution in [0.4, 0.5) is 0 Å². The van der Waals surface area contributed by atoms with Crippen LogP contribution in [0.2, 0.25) is 0 Å². The van der Waals surface area contributed by atoms with Gasteiger partial charge < -0.3 is 5.32 Å². The van der Waals surface area contributed by atoms with Gasteiger partial charge in [-0.05, 0) is 55.0 Å². The molecule has 2 atom stereocenters. The van der Waals surface area contributed by atoms with Crippen LogP contribution in [0.25, 0.3) is 0 Å². The Labute approximate surface area is 109 Å². The lowest BCUT2D eigenvalue weighted by Gasteiger charge is -2.42. The van der Waals surface area contributed by atoms with Gasteiger partial charge in [0.2, 0.25) is 0 Å². The summed E-state index contributed by atoms with van der Waals surface area (Å²) in [4.78, 5) is 0. The highest BCUT2D eigenvalue weighted by atomic mass is 14.9. The van der Waals surface area contributed by atoms with E-state index in [1.165, 1.54) is 38.8 Å². The molecule has 102 valence electrons. The minimum absolute atomic E-state index is 0.486. The molecule has 0 aromatic rings. The van der Waals surface area contributed by atoms with Crippen molar-refractivity contribution < 1.29 is 0 Å². The predicted octanol–water partition coefficient (Wildman–Crippen LogP) is 4.47. The van der Waals surface area contributed by atoms with Crippen molar-refractivity contribution >= 4 is 0 Å². The first-order valence-corrected chi connectivity index (χ1v) is 7.47. The van der Waals surface area contributed by atoms with Gasteiger partial charge in [-0.2, -0.15) is 0 Å². The third kappa shape index (κ3) is 4.62. The van der Waals surface area contributed by atoms with Gasteiger partial charge in [-0.25, -0.2) is 0 Å². The molecule has 1 heteroatoms. The van der Waals surface area contributed by atoms with Crippen molar-refractivity contribution in [3.8, 4) is 0 Å². The van der Waals surface area contributed by atoms with Crippen LogP contribution >= 0.6 is 0 Å². The van der Waals surface area contributed by atoms with Gasteiger partial charge in [0, 0.05) is 0 Å². The van der Waals surface area contributed by atoms with Gasteiger partial charge in [0.25, 0.3) is 0 Å². The first kappa shape index (κ1) is 15.0. The summed E-state index contributed by atoms with van der Waals surface area (Å²) in [7, 11) is 0. The van der Waals surface area contributed by atoms with E-state index in [9.17, 15) is 0 Å². The third-order valence-corrected chi connectivity index (χ3v) is 4.58. The normalized spacial score (nSPS) is 30.7. The molecule has 0 aromatic carbocycles. The molecule has 1 N–H and O–H groups in total. The van der Waals surface area contributed by atoms with Gasteiger partial charge in [-0.3, -0.25) is 0 Å². The molecule has 0 aliphatic carbocycles. The maximum atomic E-state index is 3.69. The second-order valence-electron chi connectivity index (χ2n) is 7.77. The molecule has 1 saturated heterocycles. The van der Waals surface area contributed by atoms with E-state index in [1.54, 1.807) is 0 Å². The Balaban J connectivity index is 2.72. The van der Waals surface area contributed by atoms with Crippen molar-refractivity contribution in [3.63, 3.8) is 0 Å². The zero-order valence-corrected chi connectivity index (χ0v) is 12.9. The van der Waals surface area contributed by atoms with Gasteiger partial charge in [0.1, 0.15) is 0 Å². The quantitative estimate of drug-likeness (QED) is 0.766. The summed E-state index contributed by atoms with van der Waals surface area (Å²) >= 11 is 0. The van der Waals surface area contributed by atoms with Crippen molar-refractivity contribution in [1.29, 1.82) is 0 Å². The van der Waals surface area contributed by atoms with E-state index < -0.39 is 0 Å². The average Bonchev–Trinajstić information content (AvgIpc) is 2.12. The molecule has 0 spiro atoms. The molecule has 1 nitrogen and oxygen atoms in total. The molecule has 1 aliphatic heterocycles. The van der Waals surface area contributed by atoms with Gasteiger partial charge in [-0.15, -0.1) is 0 Å². The van der Waals surface area contributed by atoms with Gasteiger partial charge in [-0.1, -0.05) is 48.0 Å². The van der Waals surface area contributed by atoms with Crippen LogP contribution in [-0.2, 0) is 0 Å². The summed E-state index contributed by atoms with van der Waals surface area (Å²) in [5.41, 5.74) is 0.997. The molecule has 0 amide bonds. The van der Waals surface area contributed by atoms with Crippen molar-refractivity contribution in [2.75, 3.05) is 13.1 Å². The largest absolute Gasteiger partial charge is 0.316 e. The number of nitrogens with one attached hydrogen (secondary N) is 1. The second-order valence-corrected chi connectivity index (χ2v) is 7.77. The highest BCUT2D eigenvalue weighted by Gasteiger charge is 2.35. The SMILES string of the molecule is CCCC(C)(C)C1CNCC(C)CC(C)(C)C1. The van der Waals surface area contributed by atoms with Crippen LogP contribution in [0.5, 0.6) is 0 Å². The van der Waals surface area contributed by atoms with Crippen LogP contribution in [0, 0.1) is 22.7 Å². The van der Waals surface area contributed by atoms with E-state index in [0.29, 0.717) is 10.8 Å². The zero-order valence-electron chi connectivity index (χ0n) is 12.9. The van der Waals surface area contributed by atoms with Crippen LogP contribution < -0.4 is 5.32 Å². The topological polar surface area (TPSA) is 12.0 Å². The molecule has 1 heterocycles. The molecule has 0 radical (unpaired) electrons. The van der Waals surface area contributed by atoms with Crippen LogP contribution in [-0.4, -0.2) is 13.1 Å². The standard InChI is InChI=1S/C16H33N/c1-7-8-16(5,6)14-10-15(3,4)9-13(2)11-17-12-14/h13-14,17H,7-12H2,1-6H3. The summed E-state index contributed by atoms with van der Waals surface area (Å²) in [6, 6.07) is 0. The monoisotopic (exact) mass is 239 g/mol. The molecule has 17 heavy (non-hydrogen) atoms. The fraction of sp³-hybridized carbons (Fsp3) is 1.00. The summed E-state index contributed by atoms with van der Waals surface area (Å²) in [5, 5.41) is 3.69. The van der Waals surface area contributed by atoms with Crippen molar-refractivity contribution in [1.82, 2.24) is 5.32 Å². The summed E-state index contributed by atoms with van der Waals surface area (Å²) < 4.78 is 0. The number of hydrogen-bond acceptors (Lipinski definition) is 1. The predicted molar refractivity (Wildman–Crippen MR) is 77.2 cm³/mol. The number of rotatable bonds is 3. The zero-order chi connectivity index (χ0) is 13.1. The molecule has 0 bridgehead atoms. The van der Waals surface area contributed by atoms with E-state index >= 15 is 0 Å². The lowest BCUT2D eigenvalue weighted by atomic mass is 9.66. The Bertz CT molecular complexity index is 230.